The fraction of sp³-hybridized carbons (Fsp3) is 0.385. The third-order valence-corrected chi connectivity index (χ3v) is 4.35. The highest BCUT2D eigenvalue weighted by Gasteiger charge is 2.30. The Labute approximate surface area is 122 Å². The number of nitrogens with one attached hydrogen (secondary N) is 1. The number of benzene rings is 1. The summed E-state index contributed by atoms with van der Waals surface area (Å²) in [5.41, 5.74) is 0. The predicted molar refractivity (Wildman–Crippen MR) is 74.7 cm³/mol. The van der Waals surface area contributed by atoms with E-state index >= 15 is 0 Å². The zero-order valence-corrected chi connectivity index (χ0v) is 12.3. The predicted octanol–water partition coefficient (Wildman–Crippen LogP) is 2.15. The Bertz CT molecular complexity index is 737. The van der Waals surface area contributed by atoms with Gasteiger partial charge >= 0.3 is 0 Å². The van der Waals surface area contributed by atoms with E-state index in [1.807, 2.05) is 6.92 Å². The molecule has 21 heavy (non-hydrogen) atoms. The van der Waals surface area contributed by atoms with Gasteiger partial charge in [-0.2, -0.15) is 4.98 Å². The van der Waals surface area contributed by atoms with Gasteiger partial charge in [0, 0.05) is 12.0 Å². The second-order valence-corrected chi connectivity index (χ2v) is 6.43. The SMILES string of the molecule is CCOc1cccc(S(=O)(=O)Nc2noc(C3CC3)n2)c1. The molecule has 0 amide bonds. The van der Waals surface area contributed by atoms with Crippen LogP contribution in [0, 0.1) is 0 Å². The van der Waals surface area contributed by atoms with Crippen molar-refractivity contribution in [1.82, 2.24) is 10.1 Å². The second kappa shape index (κ2) is 5.36. The minimum Gasteiger partial charge on any atom is -0.494 e. The number of aromatic nitrogens is 2. The monoisotopic (exact) mass is 309 g/mol. The summed E-state index contributed by atoms with van der Waals surface area (Å²) in [6.07, 6.45) is 2.01. The van der Waals surface area contributed by atoms with Gasteiger partial charge in [0.2, 0.25) is 5.89 Å². The van der Waals surface area contributed by atoms with E-state index in [4.69, 9.17) is 9.26 Å². The van der Waals surface area contributed by atoms with Gasteiger partial charge in [0.05, 0.1) is 11.5 Å². The highest BCUT2D eigenvalue weighted by Crippen LogP contribution is 2.39. The molecule has 112 valence electrons. The van der Waals surface area contributed by atoms with Gasteiger partial charge in [-0.1, -0.05) is 6.07 Å². The molecule has 1 N–H and O–H groups in total. The first-order valence-electron chi connectivity index (χ1n) is 6.68. The van der Waals surface area contributed by atoms with Gasteiger partial charge < -0.3 is 9.26 Å². The lowest BCUT2D eigenvalue weighted by Gasteiger charge is -2.07. The Kier molecular flexibility index (Phi) is 3.54. The first-order chi connectivity index (χ1) is 10.1. The third-order valence-electron chi connectivity index (χ3n) is 3.02. The average molecular weight is 309 g/mol. The first-order valence-corrected chi connectivity index (χ1v) is 8.16. The molecule has 1 saturated carbocycles. The van der Waals surface area contributed by atoms with E-state index in [-0.39, 0.29) is 16.8 Å². The zero-order chi connectivity index (χ0) is 14.9. The number of hydrogen-bond acceptors (Lipinski definition) is 6. The van der Waals surface area contributed by atoms with Gasteiger partial charge in [0.15, 0.2) is 0 Å². The van der Waals surface area contributed by atoms with Crippen molar-refractivity contribution < 1.29 is 17.7 Å². The van der Waals surface area contributed by atoms with Gasteiger partial charge in [-0.05, 0) is 37.1 Å². The first kappa shape index (κ1) is 13.9. The van der Waals surface area contributed by atoms with E-state index in [0.29, 0.717) is 18.2 Å². The van der Waals surface area contributed by atoms with E-state index in [2.05, 4.69) is 14.9 Å². The molecule has 7 nitrogen and oxygen atoms in total. The molecule has 0 saturated heterocycles. The average Bonchev–Trinajstić information content (AvgIpc) is 3.20. The summed E-state index contributed by atoms with van der Waals surface area (Å²) >= 11 is 0. The largest absolute Gasteiger partial charge is 0.494 e. The molecule has 0 bridgehead atoms. The summed E-state index contributed by atoms with van der Waals surface area (Å²) in [5, 5.41) is 3.64. The third kappa shape index (κ3) is 3.15. The van der Waals surface area contributed by atoms with Crippen molar-refractivity contribution in [2.45, 2.75) is 30.6 Å². The standard InChI is InChI=1S/C13H15N3O4S/c1-2-19-10-4-3-5-11(8-10)21(17,18)16-13-14-12(20-15-13)9-6-7-9/h3-5,8-9H,2,6-7H2,1H3,(H,15,16). The van der Waals surface area contributed by atoms with E-state index in [1.165, 1.54) is 12.1 Å². The fourth-order valence-corrected chi connectivity index (χ4v) is 2.82. The number of nitrogens with zero attached hydrogens (tertiary/aromatic N) is 2. The lowest BCUT2D eigenvalue weighted by molar-refractivity contribution is 0.339. The van der Waals surface area contributed by atoms with Crippen LogP contribution in [-0.2, 0) is 10.0 Å². The highest BCUT2D eigenvalue weighted by atomic mass is 32.2. The van der Waals surface area contributed by atoms with Crippen LogP contribution < -0.4 is 9.46 Å². The lowest BCUT2D eigenvalue weighted by Crippen LogP contribution is -2.14. The van der Waals surface area contributed by atoms with E-state index in [1.54, 1.807) is 12.1 Å². The Morgan fingerprint density at radius 1 is 1.43 bits per heavy atom. The van der Waals surface area contributed by atoms with Crippen LogP contribution in [0.2, 0.25) is 0 Å². The summed E-state index contributed by atoms with van der Waals surface area (Å²) in [4.78, 5) is 4.13. The van der Waals surface area contributed by atoms with Crippen LogP contribution in [-0.4, -0.2) is 25.2 Å². The number of anilines is 1. The maximum Gasteiger partial charge on any atom is 0.277 e. The molecular formula is C13H15N3O4S. The Morgan fingerprint density at radius 2 is 2.24 bits per heavy atom. The van der Waals surface area contributed by atoms with Crippen LogP contribution in [0.25, 0.3) is 0 Å². The maximum absolute atomic E-state index is 12.3. The summed E-state index contributed by atoms with van der Waals surface area (Å²) in [6.45, 7) is 2.30. The summed E-state index contributed by atoms with van der Waals surface area (Å²) in [6, 6.07) is 6.24. The van der Waals surface area contributed by atoms with Crippen molar-refractivity contribution in [2.24, 2.45) is 0 Å². The molecule has 1 aliphatic carbocycles. The van der Waals surface area contributed by atoms with Gasteiger partial charge in [-0.25, -0.2) is 13.1 Å². The highest BCUT2D eigenvalue weighted by molar-refractivity contribution is 7.92. The van der Waals surface area contributed by atoms with Crippen molar-refractivity contribution in [3.63, 3.8) is 0 Å². The van der Waals surface area contributed by atoms with Crippen molar-refractivity contribution >= 4 is 16.0 Å². The van der Waals surface area contributed by atoms with E-state index in [9.17, 15) is 8.42 Å². The van der Waals surface area contributed by atoms with Crippen molar-refractivity contribution in [2.75, 3.05) is 11.3 Å². The minimum atomic E-state index is -3.76. The van der Waals surface area contributed by atoms with Crippen LogP contribution in [0.5, 0.6) is 5.75 Å². The molecule has 0 unspecified atom stereocenters. The van der Waals surface area contributed by atoms with Crippen molar-refractivity contribution in [3.8, 4) is 5.75 Å². The number of sulfonamides is 1. The molecule has 8 heteroatoms. The maximum atomic E-state index is 12.3. The topological polar surface area (TPSA) is 94.3 Å². The molecule has 3 rings (SSSR count). The fourth-order valence-electron chi connectivity index (χ4n) is 1.85. The Morgan fingerprint density at radius 3 is 2.95 bits per heavy atom. The molecule has 0 radical (unpaired) electrons. The minimum absolute atomic E-state index is 0.0429. The quantitative estimate of drug-likeness (QED) is 0.878. The van der Waals surface area contributed by atoms with E-state index < -0.39 is 10.0 Å². The van der Waals surface area contributed by atoms with Crippen LogP contribution in [0.15, 0.2) is 33.7 Å². The van der Waals surface area contributed by atoms with Crippen LogP contribution in [0.4, 0.5) is 5.95 Å². The van der Waals surface area contributed by atoms with E-state index in [0.717, 1.165) is 12.8 Å². The van der Waals surface area contributed by atoms with Gasteiger partial charge in [0.25, 0.3) is 16.0 Å². The molecule has 1 heterocycles. The molecule has 1 aliphatic rings. The Hall–Kier alpha value is -2.09. The molecule has 1 fully saturated rings. The summed E-state index contributed by atoms with van der Waals surface area (Å²) < 4.78 is 37.2. The summed E-state index contributed by atoms with van der Waals surface area (Å²) in [5.74, 6) is 1.21. The zero-order valence-electron chi connectivity index (χ0n) is 11.4. The normalized spacial score (nSPS) is 14.9. The smallest absolute Gasteiger partial charge is 0.277 e. The molecule has 1 aromatic heterocycles. The summed E-state index contributed by atoms with van der Waals surface area (Å²) in [7, 11) is -3.76. The van der Waals surface area contributed by atoms with Gasteiger partial charge in [-0.15, -0.1) is 0 Å². The molecule has 1 aromatic carbocycles. The van der Waals surface area contributed by atoms with Gasteiger partial charge in [0.1, 0.15) is 5.75 Å². The van der Waals surface area contributed by atoms with Gasteiger partial charge in [-0.3, -0.25) is 0 Å². The van der Waals surface area contributed by atoms with Crippen molar-refractivity contribution in [1.29, 1.82) is 0 Å². The number of rotatable bonds is 6. The number of ether oxygens (including phenoxy) is 1. The number of hydrogen-bond donors (Lipinski definition) is 1. The van der Waals surface area contributed by atoms with Crippen LogP contribution in [0.1, 0.15) is 31.6 Å². The lowest BCUT2D eigenvalue weighted by atomic mass is 10.3. The molecule has 2 aromatic rings. The van der Waals surface area contributed by atoms with Crippen molar-refractivity contribution in [3.05, 3.63) is 30.2 Å². The molecule has 0 atom stereocenters. The Balaban J connectivity index is 1.80. The molecule has 0 aliphatic heterocycles. The van der Waals surface area contributed by atoms with Crippen LogP contribution >= 0.6 is 0 Å². The van der Waals surface area contributed by atoms with Crippen LogP contribution in [0.3, 0.4) is 0 Å². The molecular weight excluding hydrogens is 294 g/mol. The second-order valence-electron chi connectivity index (χ2n) is 4.74. The molecule has 0 spiro atoms.